The van der Waals surface area contributed by atoms with Crippen LogP contribution in [-0.4, -0.2) is 38.2 Å². The van der Waals surface area contributed by atoms with Crippen LogP contribution in [0.4, 0.5) is 5.82 Å². The van der Waals surface area contributed by atoms with Gasteiger partial charge >= 0.3 is 0 Å². The summed E-state index contributed by atoms with van der Waals surface area (Å²) in [5, 5.41) is 11.5. The summed E-state index contributed by atoms with van der Waals surface area (Å²) in [5.74, 6) is 1.91. The quantitative estimate of drug-likeness (QED) is 0.707. The first kappa shape index (κ1) is 16.7. The summed E-state index contributed by atoms with van der Waals surface area (Å²) in [6.45, 7) is 4.37. The lowest BCUT2D eigenvalue weighted by Gasteiger charge is -2.09. The number of hydrogen-bond donors (Lipinski definition) is 1. The highest BCUT2D eigenvalue weighted by molar-refractivity contribution is 5.37. The average Bonchev–Trinajstić information content (AvgIpc) is 3.09. The molecule has 0 aliphatic rings. The zero-order valence-corrected chi connectivity index (χ0v) is 14.4. The van der Waals surface area contributed by atoms with Gasteiger partial charge < -0.3 is 14.8 Å². The molecule has 2 aromatic heterocycles. The van der Waals surface area contributed by atoms with E-state index in [2.05, 4.69) is 25.6 Å². The number of aromatic nitrogens is 5. The van der Waals surface area contributed by atoms with E-state index < -0.39 is 0 Å². The van der Waals surface area contributed by atoms with E-state index >= 15 is 0 Å². The Hall–Kier alpha value is -3.16. The van der Waals surface area contributed by atoms with Crippen LogP contribution in [0.2, 0.25) is 0 Å². The Kier molecular flexibility index (Phi) is 5.08. The summed E-state index contributed by atoms with van der Waals surface area (Å²) in [6, 6.07) is 7.60. The Morgan fingerprint density at radius 2 is 1.96 bits per heavy atom. The Morgan fingerprint density at radius 3 is 2.68 bits per heavy atom. The van der Waals surface area contributed by atoms with Gasteiger partial charge in [-0.2, -0.15) is 4.98 Å². The van der Waals surface area contributed by atoms with Crippen LogP contribution in [0.1, 0.15) is 19.5 Å². The zero-order chi connectivity index (χ0) is 17.6. The fourth-order valence-corrected chi connectivity index (χ4v) is 2.15. The summed E-state index contributed by atoms with van der Waals surface area (Å²) in [6.07, 6.45) is 5.14. The molecule has 0 atom stereocenters. The third-order valence-electron chi connectivity index (χ3n) is 3.30. The van der Waals surface area contributed by atoms with E-state index in [1.165, 1.54) is 0 Å². The number of hydrogen-bond acceptors (Lipinski definition) is 7. The third kappa shape index (κ3) is 4.43. The first-order valence-corrected chi connectivity index (χ1v) is 7.92. The van der Waals surface area contributed by atoms with Gasteiger partial charge in [0.15, 0.2) is 0 Å². The second kappa shape index (κ2) is 7.61. The van der Waals surface area contributed by atoms with E-state index in [0.29, 0.717) is 18.2 Å². The minimum absolute atomic E-state index is 0.0499. The zero-order valence-electron chi connectivity index (χ0n) is 14.4. The molecule has 2 heterocycles. The number of ether oxygens (including phenoxy) is 2. The minimum Gasteiger partial charge on any atom is -0.497 e. The largest absolute Gasteiger partial charge is 0.497 e. The smallest absolute Gasteiger partial charge is 0.234 e. The molecule has 1 aromatic carbocycles. The molecule has 8 heteroatoms. The van der Waals surface area contributed by atoms with Gasteiger partial charge in [0.25, 0.3) is 0 Å². The van der Waals surface area contributed by atoms with Crippen molar-refractivity contribution in [1.82, 2.24) is 25.0 Å². The first-order valence-electron chi connectivity index (χ1n) is 7.92. The fourth-order valence-electron chi connectivity index (χ4n) is 2.15. The Balaban J connectivity index is 1.63. The average molecular weight is 340 g/mol. The molecule has 0 amide bonds. The number of methoxy groups -OCH3 is 1. The lowest BCUT2D eigenvalue weighted by Crippen LogP contribution is -2.09. The van der Waals surface area contributed by atoms with Crippen LogP contribution < -0.4 is 14.8 Å². The van der Waals surface area contributed by atoms with Crippen LogP contribution in [0.3, 0.4) is 0 Å². The Bertz CT molecular complexity index is 816. The number of anilines is 1. The van der Waals surface area contributed by atoms with Crippen molar-refractivity contribution in [2.45, 2.75) is 26.5 Å². The van der Waals surface area contributed by atoms with Gasteiger partial charge in [0.2, 0.25) is 5.88 Å². The predicted octanol–water partition coefficient (Wildman–Crippen LogP) is 2.47. The van der Waals surface area contributed by atoms with Crippen molar-refractivity contribution < 1.29 is 9.47 Å². The van der Waals surface area contributed by atoms with E-state index in [1.54, 1.807) is 24.2 Å². The summed E-state index contributed by atoms with van der Waals surface area (Å²) in [7, 11) is 1.64. The summed E-state index contributed by atoms with van der Waals surface area (Å²) in [4.78, 5) is 8.46. The molecule has 8 nitrogen and oxygen atoms in total. The Labute approximate surface area is 145 Å². The van der Waals surface area contributed by atoms with E-state index in [4.69, 9.17) is 9.47 Å². The van der Waals surface area contributed by atoms with Gasteiger partial charge in [0.05, 0.1) is 44.0 Å². The lowest BCUT2D eigenvalue weighted by molar-refractivity contribution is 0.232. The maximum atomic E-state index is 5.53. The molecule has 0 saturated heterocycles. The van der Waals surface area contributed by atoms with Crippen LogP contribution in [0, 0.1) is 0 Å². The van der Waals surface area contributed by atoms with Crippen LogP contribution in [0.15, 0.2) is 42.9 Å². The second-order valence-corrected chi connectivity index (χ2v) is 5.62. The normalized spacial score (nSPS) is 10.7. The van der Waals surface area contributed by atoms with Crippen molar-refractivity contribution in [2.24, 2.45) is 0 Å². The molecule has 0 fully saturated rings. The van der Waals surface area contributed by atoms with Crippen LogP contribution in [0.5, 0.6) is 11.6 Å². The molecule has 25 heavy (non-hydrogen) atoms. The van der Waals surface area contributed by atoms with E-state index in [0.717, 1.165) is 17.1 Å². The van der Waals surface area contributed by atoms with Gasteiger partial charge in [-0.3, -0.25) is 4.98 Å². The van der Waals surface area contributed by atoms with Gasteiger partial charge in [-0.05, 0) is 38.1 Å². The van der Waals surface area contributed by atoms with Gasteiger partial charge in [-0.1, -0.05) is 5.21 Å². The molecule has 0 unspecified atom stereocenters. The number of benzene rings is 1. The highest BCUT2D eigenvalue weighted by atomic mass is 16.5. The highest BCUT2D eigenvalue weighted by Gasteiger charge is 2.05. The number of rotatable bonds is 7. The first-order chi connectivity index (χ1) is 12.1. The van der Waals surface area contributed by atoms with E-state index in [-0.39, 0.29) is 6.10 Å². The molecule has 0 aliphatic carbocycles. The molecule has 0 radical (unpaired) electrons. The SMILES string of the molecule is COc1ccc(-n2cc(CNc3cncc(OC(C)C)n3)nn2)cc1. The fraction of sp³-hybridized carbons (Fsp3) is 0.294. The molecular formula is C17H20N6O2. The van der Waals surface area contributed by atoms with Crippen molar-refractivity contribution in [3.8, 4) is 17.3 Å². The summed E-state index contributed by atoms with van der Waals surface area (Å²) < 4.78 is 12.4. The van der Waals surface area contributed by atoms with Crippen LogP contribution in [-0.2, 0) is 6.54 Å². The minimum atomic E-state index is 0.0499. The molecule has 3 rings (SSSR count). The van der Waals surface area contributed by atoms with Crippen molar-refractivity contribution in [1.29, 1.82) is 0 Å². The maximum Gasteiger partial charge on any atom is 0.234 e. The number of nitrogens with one attached hydrogen (secondary N) is 1. The highest BCUT2D eigenvalue weighted by Crippen LogP contribution is 2.15. The molecule has 3 aromatic rings. The molecule has 0 aliphatic heterocycles. The monoisotopic (exact) mass is 340 g/mol. The molecule has 130 valence electrons. The van der Waals surface area contributed by atoms with Crippen molar-refractivity contribution in [3.63, 3.8) is 0 Å². The molecule has 0 spiro atoms. The van der Waals surface area contributed by atoms with Gasteiger partial charge in [0.1, 0.15) is 17.3 Å². The predicted molar refractivity (Wildman–Crippen MR) is 93.0 cm³/mol. The summed E-state index contributed by atoms with van der Waals surface area (Å²) in [5.41, 5.74) is 1.69. The topological polar surface area (TPSA) is 87.0 Å². The van der Waals surface area contributed by atoms with E-state index in [1.807, 2.05) is 44.3 Å². The van der Waals surface area contributed by atoms with Crippen molar-refractivity contribution in [2.75, 3.05) is 12.4 Å². The summed E-state index contributed by atoms with van der Waals surface area (Å²) >= 11 is 0. The second-order valence-electron chi connectivity index (χ2n) is 5.62. The van der Waals surface area contributed by atoms with Gasteiger partial charge in [0, 0.05) is 0 Å². The third-order valence-corrected chi connectivity index (χ3v) is 3.30. The molecular weight excluding hydrogens is 320 g/mol. The van der Waals surface area contributed by atoms with Crippen molar-refractivity contribution in [3.05, 3.63) is 48.5 Å². The number of nitrogens with zero attached hydrogens (tertiary/aromatic N) is 5. The molecule has 0 bridgehead atoms. The molecule has 1 N–H and O–H groups in total. The maximum absolute atomic E-state index is 5.53. The lowest BCUT2D eigenvalue weighted by atomic mass is 10.3. The van der Waals surface area contributed by atoms with E-state index in [9.17, 15) is 0 Å². The van der Waals surface area contributed by atoms with Gasteiger partial charge in [-0.25, -0.2) is 4.68 Å². The Morgan fingerprint density at radius 1 is 1.16 bits per heavy atom. The van der Waals surface area contributed by atoms with Gasteiger partial charge in [-0.15, -0.1) is 5.10 Å². The van der Waals surface area contributed by atoms with Crippen molar-refractivity contribution >= 4 is 5.82 Å². The molecule has 0 saturated carbocycles. The van der Waals surface area contributed by atoms with Crippen LogP contribution in [0.25, 0.3) is 5.69 Å². The van der Waals surface area contributed by atoms with Crippen LogP contribution >= 0.6 is 0 Å². The standard InChI is InChI=1S/C17H20N6O2/c1-12(2)25-17-10-18-9-16(20-17)19-8-13-11-23(22-21-13)14-4-6-15(24-3)7-5-14/h4-7,9-12H,8H2,1-3H3,(H,19,20).